The molecule has 1 aromatic heterocycles. The molecular formula is C22H28N4O3S. The molecule has 7 nitrogen and oxygen atoms in total. The van der Waals surface area contributed by atoms with Crippen LogP contribution in [0.1, 0.15) is 66.9 Å². The van der Waals surface area contributed by atoms with E-state index in [0.29, 0.717) is 29.7 Å². The molecule has 1 atom stereocenters. The van der Waals surface area contributed by atoms with Gasteiger partial charge in [-0.05, 0) is 80.7 Å². The van der Waals surface area contributed by atoms with E-state index in [-0.39, 0.29) is 12.0 Å². The summed E-state index contributed by atoms with van der Waals surface area (Å²) in [4.78, 5) is 7.59. The summed E-state index contributed by atoms with van der Waals surface area (Å²) in [6, 6.07) is 5.84. The second-order valence-corrected chi connectivity index (χ2v) is 11.3. The molecule has 3 heterocycles. The normalized spacial score (nSPS) is 25.5. The molecule has 0 bridgehead atoms. The minimum atomic E-state index is -3.45. The first-order valence-electron chi connectivity index (χ1n) is 11.3. The molecule has 1 aromatic carbocycles. The van der Waals surface area contributed by atoms with E-state index >= 15 is 0 Å². The Morgan fingerprint density at radius 3 is 2.73 bits per heavy atom. The van der Waals surface area contributed by atoms with E-state index in [4.69, 9.17) is 4.52 Å². The zero-order chi connectivity index (χ0) is 20.3. The molecule has 0 N–H and O–H groups in total. The highest BCUT2D eigenvalue weighted by molar-refractivity contribution is 7.89. The van der Waals surface area contributed by atoms with Gasteiger partial charge in [0.1, 0.15) is 0 Å². The van der Waals surface area contributed by atoms with E-state index in [1.54, 1.807) is 10.4 Å². The molecule has 8 heteroatoms. The molecule has 160 valence electrons. The summed E-state index contributed by atoms with van der Waals surface area (Å²) in [6.45, 7) is 3.09. The number of hydrogen-bond donors (Lipinski definition) is 0. The molecule has 0 radical (unpaired) electrons. The predicted octanol–water partition coefficient (Wildman–Crippen LogP) is 2.89. The predicted molar refractivity (Wildman–Crippen MR) is 111 cm³/mol. The third-order valence-corrected chi connectivity index (χ3v) is 9.04. The van der Waals surface area contributed by atoms with Gasteiger partial charge in [0.25, 0.3) is 0 Å². The van der Waals surface area contributed by atoms with Crippen molar-refractivity contribution in [2.24, 2.45) is 5.92 Å². The van der Waals surface area contributed by atoms with Crippen LogP contribution >= 0.6 is 0 Å². The van der Waals surface area contributed by atoms with Gasteiger partial charge in [0.05, 0.1) is 16.9 Å². The first kappa shape index (κ1) is 19.0. The average molecular weight is 429 g/mol. The molecule has 6 rings (SSSR count). The summed E-state index contributed by atoms with van der Waals surface area (Å²) in [6.07, 6.45) is 8.07. The van der Waals surface area contributed by atoms with Crippen molar-refractivity contribution in [3.8, 4) is 0 Å². The molecule has 0 spiro atoms. The number of likely N-dealkylation sites (tertiary alicyclic amines) is 1. The van der Waals surface area contributed by atoms with Gasteiger partial charge in [-0.3, -0.25) is 4.90 Å². The van der Waals surface area contributed by atoms with Crippen LogP contribution in [0.25, 0.3) is 0 Å². The lowest BCUT2D eigenvalue weighted by atomic mass is 10.0. The van der Waals surface area contributed by atoms with Crippen LogP contribution in [0.15, 0.2) is 27.6 Å². The molecule has 2 saturated heterocycles. The van der Waals surface area contributed by atoms with Crippen LogP contribution in [0.4, 0.5) is 0 Å². The van der Waals surface area contributed by atoms with E-state index in [1.807, 2.05) is 12.1 Å². The highest BCUT2D eigenvalue weighted by atomic mass is 32.2. The van der Waals surface area contributed by atoms with Gasteiger partial charge in [0.15, 0.2) is 5.82 Å². The Balaban J connectivity index is 1.12. The first-order chi connectivity index (χ1) is 14.6. The standard InChI is InChI=1S/C22H28N4O3S/c27-30(28,19-9-8-16-3-1-4-17(16)11-19)26-13-18(14-26)21-23-22(29-24-21)20-5-2-10-25(20)12-15-6-7-15/h8-9,11,15,18,20H,1-7,10,12-14H2. The Morgan fingerprint density at radius 2 is 1.90 bits per heavy atom. The zero-order valence-corrected chi connectivity index (χ0v) is 18.0. The number of aryl methyl sites for hydroxylation is 2. The molecule has 2 aliphatic carbocycles. The van der Waals surface area contributed by atoms with Crippen molar-refractivity contribution < 1.29 is 12.9 Å². The van der Waals surface area contributed by atoms with E-state index in [1.165, 1.54) is 30.4 Å². The van der Waals surface area contributed by atoms with Crippen molar-refractivity contribution in [2.75, 3.05) is 26.2 Å². The summed E-state index contributed by atoms with van der Waals surface area (Å²) in [5, 5.41) is 4.21. The third kappa shape index (κ3) is 3.29. The number of rotatable bonds is 6. The van der Waals surface area contributed by atoms with Crippen molar-refractivity contribution >= 4 is 10.0 Å². The molecule has 0 amide bonds. The lowest BCUT2D eigenvalue weighted by Gasteiger charge is -2.36. The fraction of sp³-hybridized carbons (Fsp3) is 0.636. The molecule has 1 saturated carbocycles. The van der Waals surface area contributed by atoms with Crippen molar-refractivity contribution in [2.45, 2.75) is 61.8 Å². The van der Waals surface area contributed by atoms with Gasteiger partial charge in [0.2, 0.25) is 15.9 Å². The Bertz CT molecular complexity index is 1060. The lowest BCUT2D eigenvalue weighted by molar-refractivity contribution is 0.200. The van der Waals surface area contributed by atoms with E-state index in [9.17, 15) is 8.42 Å². The minimum Gasteiger partial charge on any atom is -0.338 e. The van der Waals surface area contributed by atoms with Crippen LogP contribution in [-0.2, 0) is 22.9 Å². The second kappa shape index (κ2) is 7.14. The Hall–Kier alpha value is -1.77. The maximum Gasteiger partial charge on any atom is 0.244 e. The number of benzene rings is 1. The lowest BCUT2D eigenvalue weighted by Crippen LogP contribution is -2.48. The molecule has 3 fully saturated rings. The SMILES string of the molecule is O=S(=O)(c1ccc2c(c1)CCC2)N1CC(c2noc(C3CCCN3CC3CC3)n2)C1. The van der Waals surface area contributed by atoms with Gasteiger partial charge in [-0.2, -0.15) is 9.29 Å². The van der Waals surface area contributed by atoms with Crippen LogP contribution in [0.2, 0.25) is 0 Å². The molecule has 2 aliphatic heterocycles. The van der Waals surface area contributed by atoms with Crippen LogP contribution in [0.3, 0.4) is 0 Å². The van der Waals surface area contributed by atoms with Crippen LogP contribution in [0.5, 0.6) is 0 Å². The molecule has 4 aliphatic rings. The fourth-order valence-electron chi connectivity index (χ4n) is 5.16. The van der Waals surface area contributed by atoms with E-state index < -0.39 is 10.0 Å². The summed E-state index contributed by atoms with van der Waals surface area (Å²) in [5.41, 5.74) is 2.47. The van der Waals surface area contributed by atoms with Gasteiger partial charge in [0, 0.05) is 19.6 Å². The minimum absolute atomic E-state index is 0.0185. The third-order valence-electron chi connectivity index (χ3n) is 7.22. The van der Waals surface area contributed by atoms with Crippen molar-refractivity contribution in [3.05, 3.63) is 41.0 Å². The fourth-order valence-corrected chi connectivity index (χ4v) is 6.74. The first-order valence-corrected chi connectivity index (χ1v) is 12.7. The highest BCUT2D eigenvalue weighted by Gasteiger charge is 2.41. The quantitative estimate of drug-likeness (QED) is 0.704. The summed E-state index contributed by atoms with van der Waals surface area (Å²) in [5.74, 6) is 2.23. The van der Waals surface area contributed by atoms with Gasteiger partial charge < -0.3 is 4.52 Å². The summed E-state index contributed by atoms with van der Waals surface area (Å²) >= 11 is 0. The highest BCUT2D eigenvalue weighted by Crippen LogP contribution is 2.38. The zero-order valence-electron chi connectivity index (χ0n) is 17.2. The monoisotopic (exact) mass is 428 g/mol. The van der Waals surface area contributed by atoms with E-state index in [0.717, 1.165) is 44.7 Å². The number of sulfonamides is 1. The van der Waals surface area contributed by atoms with Gasteiger partial charge in [-0.15, -0.1) is 0 Å². The Morgan fingerprint density at radius 1 is 1.07 bits per heavy atom. The number of aromatic nitrogens is 2. The molecule has 1 unspecified atom stereocenters. The largest absolute Gasteiger partial charge is 0.338 e. The Labute approximate surface area is 177 Å². The number of hydrogen-bond acceptors (Lipinski definition) is 6. The van der Waals surface area contributed by atoms with Gasteiger partial charge in [-0.1, -0.05) is 11.2 Å². The van der Waals surface area contributed by atoms with Crippen molar-refractivity contribution in [1.82, 2.24) is 19.3 Å². The van der Waals surface area contributed by atoms with E-state index in [2.05, 4.69) is 15.0 Å². The molecular weight excluding hydrogens is 400 g/mol. The van der Waals surface area contributed by atoms with Crippen LogP contribution < -0.4 is 0 Å². The Kier molecular flexibility index (Phi) is 4.51. The average Bonchev–Trinajstić information content (AvgIpc) is 3.10. The van der Waals surface area contributed by atoms with Crippen LogP contribution in [0, 0.1) is 5.92 Å². The summed E-state index contributed by atoms with van der Waals surface area (Å²) < 4.78 is 33.2. The summed E-state index contributed by atoms with van der Waals surface area (Å²) in [7, 11) is -3.45. The number of nitrogens with zero attached hydrogens (tertiary/aromatic N) is 4. The smallest absolute Gasteiger partial charge is 0.244 e. The van der Waals surface area contributed by atoms with Crippen molar-refractivity contribution in [1.29, 1.82) is 0 Å². The molecule has 2 aromatic rings. The second-order valence-electron chi connectivity index (χ2n) is 9.39. The maximum absolute atomic E-state index is 13.0. The maximum atomic E-state index is 13.0. The van der Waals surface area contributed by atoms with Crippen molar-refractivity contribution in [3.63, 3.8) is 0 Å². The van der Waals surface area contributed by atoms with Gasteiger partial charge in [-0.25, -0.2) is 8.42 Å². The van der Waals surface area contributed by atoms with Crippen LogP contribution in [-0.4, -0.2) is 53.9 Å². The molecule has 30 heavy (non-hydrogen) atoms. The number of fused-ring (bicyclic) bond motifs is 1. The van der Waals surface area contributed by atoms with Gasteiger partial charge >= 0.3 is 0 Å². The topological polar surface area (TPSA) is 79.5 Å².